The molecular weight excluding hydrogens is 314 g/mol. The van der Waals surface area contributed by atoms with Crippen LogP contribution >= 0.6 is 11.6 Å². The predicted octanol–water partition coefficient (Wildman–Crippen LogP) is 3.45. The van der Waals surface area contributed by atoms with Crippen molar-refractivity contribution in [2.75, 3.05) is 18.9 Å². The van der Waals surface area contributed by atoms with Crippen LogP contribution in [0, 0.1) is 0 Å². The van der Waals surface area contributed by atoms with Crippen LogP contribution in [0.5, 0.6) is 0 Å². The molecule has 0 bridgehead atoms. The second-order valence-electron chi connectivity index (χ2n) is 5.78. The summed E-state index contributed by atoms with van der Waals surface area (Å²) in [5.74, 6) is -0.185. The van der Waals surface area contributed by atoms with Gasteiger partial charge in [-0.25, -0.2) is 4.79 Å². The highest BCUT2D eigenvalue weighted by atomic mass is 35.5. The molecule has 0 fully saturated rings. The maximum absolute atomic E-state index is 12.4. The summed E-state index contributed by atoms with van der Waals surface area (Å²) in [6.07, 6.45) is 1.51. The van der Waals surface area contributed by atoms with Crippen molar-refractivity contribution in [3.05, 3.63) is 28.3 Å². The molecule has 0 aliphatic heterocycles. The smallest absolute Gasteiger partial charge is 0.322 e. The summed E-state index contributed by atoms with van der Waals surface area (Å²) >= 11 is 6.23. The Bertz CT molecular complexity index is 573. The van der Waals surface area contributed by atoms with Crippen LogP contribution in [0.25, 0.3) is 0 Å². The molecule has 1 aromatic carbocycles. The fraction of sp³-hybridized carbons (Fsp3) is 0.529. The molecule has 128 valence electrons. The van der Waals surface area contributed by atoms with E-state index in [1.54, 1.807) is 7.05 Å². The van der Waals surface area contributed by atoms with E-state index < -0.39 is 0 Å². The number of urea groups is 1. The van der Waals surface area contributed by atoms with Gasteiger partial charge in [0.25, 0.3) is 0 Å². The zero-order valence-corrected chi connectivity index (χ0v) is 15.3. The first-order valence-corrected chi connectivity index (χ1v) is 8.29. The van der Waals surface area contributed by atoms with Crippen LogP contribution in [0.3, 0.4) is 0 Å². The van der Waals surface area contributed by atoms with Crippen molar-refractivity contribution in [2.24, 2.45) is 0 Å². The Hall–Kier alpha value is -1.75. The van der Waals surface area contributed by atoms with Crippen LogP contribution in [-0.4, -0.2) is 36.5 Å². The molecule has 5 nitrogen and oxygen atoms in total. The second-order valence-corrected chi connectivity index (χ2v) is 6.18. The summed E-state index contributed by atoms with van der Waals surface area (Å²) in [7, 11) is 1.59. The molecule has 2 N–H and O–H groups in total. The van der Waals surface area contributed by atoms with Crippen molar-refractivity contribution in [1.29, 1.82) is 0 Å². The molecule has 0 saturated carbocycles. The molecule has 6 heteroatoms. The maximum Gasteiger partial charge on any atom is 0.322 e. The van der Waals surface area contributed by atoms with E-state index in [-0.39, 0.29) is 24.5 Å². The number of benzene rings is 1. The van der Waals surface area contributed by atoms with Crippen LogP contribution in [0.1, 0.15) is 38.8 Å². The van der Waals surface area contributed by atoms with Crippen molar-refractivity contribution >= 4 is 29.2 Å². The van der Waals surface area contributed by atoms with E-state index in [1.165, 1.54) is 4.90 Å². The third-order valence-corrected chi connectivity index (χ3v) is 3.84. The minimum absolute atomic E-state index is 0.00744. The van der Waals surface area contributed by atoms with Gasteiger partial charge in [-0.15, -0.1) is 0 Å². The summed E-state index contributed by atoms with van der Waals surface area (Å²) in [5.41, 5.74) is 2.70. The third-order valence-electron chi connectivity index (χ3n) is 3.49. The lowest BCUT2D eigenvalue weighted by atomic mass is 10.0. The van der Waals surface area contributed by atoms with E-state index in [0.29, 0.717) is 5.02 Å². The number of likely N-dealkylation sites (N-methyl/N-ethyl adjacent to an activating group) is 1. The molecule has 1 aromatic rings. The van der Waals surface area contributed by atoms with Gasteiger partial charge in [-0.2, -0.15) is 0 Å². The van der Waals surface area contributed by atoms with Gasteiger partial charge >= 0.3 is 6.03 Å². The van der Waals surface area contributed by atoms with E-state index in [4.69, 9.17) is 11.6 Å². The molecule has 0 aliphatic rings. The van der Waals surface area contributed by atoms with Crippen LogP contribution in [-0.2, 0) is 17.6 Å². The Balaban J connectivity index is 2.88. The van der Waals surface area contributed by atoms with Gasteiger partial charge in [-0.1, -0.05) is 31.5 Å². The highest BCUT2D eigenvalue weighted by Crippen LogP contribution is 2.29. The molecule has 0 unspecified atom stereocenters. The summed E-state index contributed by atoms with van der Waals surface area (Å²) in [6, 6.07) is 3.50. The summed E-state index contributed by atoms with van der Waals surface area (Å²) in [6.45, 7) is 7.79. The predicted molar refractivity (Wildman–Crippen MR) is 95.1 cm³/mol. The minimum atomic E-state index is -0.324. The molecule has 0 spiro atoms. The normalized spacial score (nSPS) is 10.6. The Morgan fingerprint density at radius 1 is 1.22 bits per heavy atom. The van der Waals surface area contributed by atoms with Crippen molar-refractivity contribution in [1.82, 2.24) is 10.2 Å². The highest BCUT2D eigenvalue weighted by molar-refractivity contribution is 6.32. The molecule has 0 atom stereocenters. The molecule has 0 radical (unpaired) electrons. The fourth-order valence-corrected chi connectivity index (χ4v) is 2.62. The topological polar surface area (TPSA) is 61.4 Å². The number of carbonyl (C=O) groups is 2. The number of carbonyl (C=O) groups excluding carboxylic acids is 2. The maximum atomic E-state index is 12.4. The monoisotopic (exact) mass is 339 g/mol. The molecule has 0 saturated heterocycles. The van der Waals surface area contributed by atoms with Gasteiger partial charge in [0.1, 0.15) is 6.54 Å². The van der Waals surface area contributed by atoms with Crippen molar-refractivity contribution < 1.29 is 9.59 Å². The quantitative estimate of drug-likeness (QED) is 0.833. The number of nitrogens with one attached hydrogen (secondary N) is 2. The van der Waals surface area contributed by atoms with Crippen molar-refractivity contribution in [3.8, 4) is 0 Å². The average molecular weight is 340 g/mol. The number of halogens is 1. The summed E-state index contributed by atoms with van der Waals surface area (Å²) in [4.78, 5) is 25.5. The Morgan fingerprint density at radius 3 is 2.39 bits per heavy atom. The van der Waals surface area contributed by atoms with E-state index >= 15 is 0 Å². The number of amides is 3. The zero-order chi connectivity index (χ0) is 17.6. The van der Waals surface area contributed by atoms with E-state index in [2.05, 4.69) is 10.6 Å². The lowest BCUT2D eigenvalue weighted by Crippen LogP contribution is -2.42. The number of nitrogens with zero attached hydrogens (tertiary/aromatic N) is 1. The minimum Gasteiger partial charge on any atom is -0.352 e. The van der Waals surface area contributed by atoms with E-state index in [0.717, 1.165) is 29.7 Å². The fourth-order valence-electron chi connectivity index (χ4n) is 2.32. The lowest BCUT2D eigenvalue weighted by molar-refractivity contribution is -0.121. The molecule has 3 amide bonds. The van der Waals surface area contributed by atoms with E-state index in [9.17, 15) is 9.59 Å². The van der Waals surface area contributed by atoms with Crippen LogP contribution in [0.15, 0.2) is 12.1 Å². The first-order chi connectivity index (χ1) is 10.8. The molecule has 1 rings (SSSR count). The van der Waals surface area contributed by atoms with Crippen molar-refractivity contribution in [3.63, 3.8) is 0 Å². The molecule has 0 aromatic heterocycles. The van der Waals surface area contributed by atoms with Gasteiger partial charge in [0.2, 0.25) is 5.91 Å². The first kappa shape index (κ1) is 19.3. The average Bonchev–Trinajstić information content (AvgIpc) is 2.46. The van der Waals surface area contributed by atoms with Crippen molar-refractivity contribution in [2.45, 2.75) is 46.6 Å². The number of aryl methyl sites for hydroxylation is 1. The number of rotatable bonds is 6. The zero-order valence-electron chi connectivity index (χ0n) is 14.5. The Kier molecular flexibility index (Phi) is 7.36. The van der Waals surface area contributed by atoms with Gasteiger partial charge in [0.15, 0.2) is 0 Å². The molecular formula is C17H26ClN3O2. The third kappa shape index (κ3) is 5.43. The van der Waals surface area contributed by atoms with Crippen LogP contribution in [0.4, 0.5) is 10.5 Å². The standard InChI is InChI=1S/C17H26ClN3O2/c1-6-12-8-9-14(18)13(7-2)16(12)20-17(23)21(5)10-15(22)19-11(3)4/h8-9,11H,6-7,10H2,1-5H3,(H,19,22)(H,20,23). The summed E-state index contributed by atoms with van der Waals surface area (Å²) in [5, 5.41) is 6.31. The van der Waals surface area contributed by atoms with Gasteiger partial charge in [-0.3, -0.25) is 4.79 Å². The van der Waals surface area contributed by atoms with Gasteiger partial charge in [0.05, 0.1) is 5.69 Å². The highest BCUT2D eigenvalue weighted by Gasteiger charge is 2.17. The largest absolute Gasteiger partial charge is 0.352 e. The molecule has 0 heterocycles. The summed E-state index contributed by atoms with van der Waals surface area (Å²) < 4.78 is 0. The Labute approximate surface area is 143 Å². The molecule has 0 aliphatic carbocycles. The van der Waals surface area contributed by atoms with Gasteiger partial charge < -0.3 is 15.5 Å². The van der Waals surface area contributed by atoms with E-state index in [1.807, 2.05) is 39.8 Å². The van der Waals surface area contributed by atoms with Crippen LogP contribution < -0.4 is 10.6 Å². The number of anilines is 1. The van der Waals surface area contributed by atoms with Gasteiger partial charge in [0, 0.05) is 18.1 Å². The molecule has 23 heavy (non-hydrogen) atoms. The van der Waals surface area contributed by atoms with Crippen LogP contribution in [0.2, 0.25) is 5.02 Å². The second kappa shape index (κ2) is 8.77. The SMILES string of the molecule is CCc1ccc(Cl)c(CC)c1NC(=O)N(C)CC(=O)NC(C)C. The number of hydrogen-bond acceptors (Lipinski definition) is 2. The first-order valence-electron chi connectivity index (χ1n) is 7.91. The lowest BCUT2D eigenvalue weighted by Gasteiger charge is -2.21. The number of hydrogen-bond donors (Lipinski definition) is 2. The van der Waals surface area contributed by atoms with Gasteiger partial charge in [-0.05, 0) is 43.9 Å². The Morgan fingerprint density at radius 2 is 1.87 bits per heavy atom.